The van der Waals surface area contributed by atoms with Gasteiger partial charge in [0.2, 0.25) is 5.91 Å². The van der Waals surface area contributed by atoms with Crippen LogP contribution in [0, 0.1) is 0 Å². The van der Waals surface area contributed by atoms with Crippen LogP contribution in [0.25, 0.3) is 22.6 Å². The molecule has 34 heavy (non-hydrogen) atoms. The number of halogens is 2. The zero-order valence-electron chi connectivity index (χ0n) is 18.1. The molecule has 8 heteroatoms. The largest absolute Gasteiger partial charge is 0.452 e. The lowest BCUT2D eigenvalue weighted by atomic mass is 10.0. The average molecular weight is 495 g/mol. The summed E-state index contributed by atoms with van der Waals surface area (Å²) in [6.45, 7) is -0.104. The highest BCUT2D eigenvalue weighted by Crippen LogP contribution is 2.38. The van der Waals surface area contributed by atoms with Crippen molar-refractivity contribution in [3.05, 3.63) is 74.9 Å². The van der Waals surface area contributed by atoms with E-state index < -0.39 is 18.5 Å². The average Bonchev–Trinajstić information content (AvgIpc) is 3.44. The predicted molar refractivity (Wildman–Crippen MR) is 131 cm³/mol. The second kappa shape index (κ2) is 9.20. The number of ether oxygens (including phenoxy) is 1. The molecule has 0 unspecified atom stereocenters. The Morgan fingerprint density at radius 2 is 1.88 bits per heavy atom. The van der Waals surface area contributed by atoms with Crippen molar-refractivity contribution in [2.75, 3.05) is 13.2 Å². The number of pyridine rings is 1. The van der Waals surface area contributed by atoms with E-state index >= 15 is 0 Å². The molecule has 0 N–H and O–H groups in total. The minimum Gasteiger partial charge on any atom is -0.452 e. The topological polar surface area (TPSA) is 76.6 Å². The van der Waals surface area contributed by atoms with Gasteiger partial charge >= 0.3 is 5.97 Å². The number of allylic oxidation sites excluding steroid dienone is 1. The molecule has 0 saturated carbocycles. The number of aromatic nitrogens is 1. The third-order valence-electron chi connectivity index (χ3n) is 6.13. The number of hydrogen-bond acceptors (Lipinski definition) is 5. The van der Waals surface area contributed by atoms with Crippen LogP contribution >= 0.6 is 23.2 Å². The molecular weight excluding hydrogens is 475 g/mol. The van der Waals surface area contributed by atoms with E-state index in [2.05, 4.69) is 0 Å². The van der Waals surface area contributed by atoms with E-state index in [0.29, 0.717) is 58.7 Å². The summed E-state index contributed by atoms with van der Waals surface area (Å²) in [5.74, 6) is -1.31. The molecule has 0 radical (unpaired) electrons. The molecule has 6 nitrogen and oxygen atoms in total. The lowest BCUT2D eigenvalue weighted by Crippen LogP contribution is -2.35. The van der Waals surface area contributed by atoms with Crippen LogP contribution in [0.1, 0.15) is 46.4 Å². The molecule has 1 saturated heterocycles. The van der Waals surface area contributed by atoms with Crippen LogP contribution in [0.4, 0.5) is 0 Å². The molecule has 1 fully saturated rings. The molecule has 0 spiro atoms. The Balaban J connectivity index is 1.49. The zero-order valence-corrected chi connectivity index (χ0v) is 19.7. The molecule has 2 aromatic carbocycles. The molecule has 2 amide bonds. The normalized spacial score (nSPS) is 16.4. The Hall–Kier alpha value is -3.22. The number of likely N-dealkylation sites (tertiary alicyclic amines) is 1. The van der Waals surface area contributed by atoms with Crippen molar-refractivity contribution in [1.29, 1.82) is 0 Å². The molecule has 1 aliphatic heterocycles. The number of carbonyl (C=O) groups excluding carboxylic acids is 3. The molecule has 5 rings (SSSR count). The van der Waals surface area contributed by atoms with Crippen molar-refractivity contribution in [1.82, 2.24) is 9.88 Å². The zero-order chi connectivity index (χ0) is 23.8. The van der Waals surface area contributed by atoms with Gasteiger partial charge in [-0.05, 0) is 60.2 Å². The fraction of sp³-hybridized carbons (Fsp3) is 0.231. The Bertz CT molecular complexity index is 1380. The van der Waals surface area contributed by atoms with Crippen molar-refractivity contribution in [3.63, 3.8) is 0 Å². The summed E-state index contributed by atoms with van der Waals surface area (Å²) in [5, 5.41) is 1.62. The maximum Gasteiger partial charge on any atom is 0.339 e. The van der Waals surface area contributed by atoms with E-state index in [-0.39, 0.29) is 5.91 Å². The number of carbonyl (C=O) groups is 3. The summed E-state index contributed by atoms with van der Waals surface area (Å²) in [6, 6.07) is 12.8. The minimum atomic E-state index is -0.592. The molecule has 1 aromatic heterocycles. The first kappa shape index (κ1) is 22.6. The van der Waals surface area contributed by atoms with E-state index in [4.69, 9.17) is 32.9 Å². The molecule has 1 aliphatic carbocycles. The van der Waals surface area contributed by atoms with Gasteiger partial charge in [-0.25, -0.2) is 9.78 Å². The molecule has 0 atom stereocenters. The van der Waals surface area contributed by atoms with Crippen molar-refractivity contribution in [2.24, 2.45) is 0 Å². The highest BCUT2D eigenvalue weighted by atomic mass is 35.5. The van der Waals surface area contributed by atoms with Gasteiger partial charge in [0.25, 0.3) is 5.91 Å². The van der Waals surface area contributed by atoms with Gasteiger partial charge < -0.3 is 4.74 Å². The number of para-hydroxylation sites is 1. The van der Waals surface area contributed by atoms with Crippen LogP contribution in [0.15, 0.2) is 42.5 Å². The maximum absolute atomic E-state index is 13.2. The number of hydrogen-bond donors (Lipinski definition) is 0. The summed E-state index contributed by atoms with van der Waals surface area (Å²) < 4.78 is 5.40. The van der Waals surface area contributed by atoms with Gasteiger partial charge in [0.15, 0.2) is 6.61 Å². The number of amides is 2. The van der Waals surface area contributed by atoms with Crippen LogP contribution in [0.5, 0.6) is 0 Å². The van der Waals surface area contributed by atoms with Crippen LogP contribution in [-0.2, 0) is 20.7 Å². The summed E-state index contributed by atoms with van der Waals surface area (Å²) in [7, 11) is 0. The number of imide groups is 1. The third kappa shape index (κ3) is 4.19. The Labute approximate surface area is 206 Å². The second-order valence-electron chi connectivity index (χ2n) is 8.29. The molecular formula is C26H20Cl2N2O4. The summed E-state index contributed by atoms with van der Waals surface area (Å²) >= 11 is 12.2. The van der Waals surface area contributed by atoms with Crippen LogP contribution in [-0.4, -0.2) is 40.8 Å². The Morgan fingerprint density at radius 3 is 2.65 bits per heavy atom. The van der Waals surface area contributed by atoms with Gasteiger partial charge in [0.1, 0.15) is 0 Å². The van der Waals surface area contributed by atoms with Crippen LogP contribution < -0.4 is 0 Å². The maximum atomic E-state index is 13.2. The fourth-order valence-corrected chi connectivity index (χ4v) is 4.81. The molecule has 2 aliphatic rings. The molecule has 3 aromatic rings. The molecule has 2 heterocycles. The summed E-state index contributed by atoms with van der Waals surface area (Å²) in [6.07, 6.45) is 4.28. The number of fused-ring (bicyclic) bond motifs is 2. The smallest absolute Gasteiger partial charge is 0.339 e. The van der Waals surface area contributed by atoms with Crippen molar-refractivity contribution >= 4 is 63.5 Å². The van der Waals surface area contributed by atoms with Crippen molar-refractivity contribution < 1.29 is 19.1 Å². The van der Waals surface area contributed by atoms with Crippen molar-refractivity contribution in [2.45, 2.75) is 25.7 Å². The van der Waals surface area contributed by atoms with E-state index in [1.165, 1.54) is 0 Å². The van der Waals surface area contributed by atoms with E-state index in [1.807, 2.05) is 36.4 Å². The van der Waals surface area contributed by atoms with Gasteiger partial charge in [-0.1, -0.05) is 47.5 Å². The van der Waals surface area contributed by atoms with Gasteiger partial charge in [0, 0.05) is 18.4 Å². The standard InChI is InChI=1S/C26H20Cl2N2O4/c27-19-10-7-15(13-20(19)28)12-16-8-9-18-24(17-4-1-2-5-21(17)29-25(16)18)26(33)34-14-23(32)30-11-3-6-22(30)31/h1-2,4-5,7,10,12-13H,3,6,8-9,11,14H2. The SMILES string of the molecule is O=C(OCC(=O)N1CCCC1=O)c1c2c(nc3ccccc13)C(=Cc1ccc(Cl)c(Cl)c1)CC2. The highest BCUT2D eigenvalue weighted by molar-refractivity contribution is 6.42. The summed E-state index contributed by atoms with van der Waals surface area (Å²) in [4.78, 5) is 43.4. The second-order valence-corrected chi connectivity index (χ2v) is 9.11. The lowest BCUT2D eigenvalue weighted by Gasteiger charge is -2.15. The van der Waals surface area contributed by atoms with E-state index in [9.17, 15) is 14.4 Å². The number of nitrogens with zero attached hydrogens (tertiary/aromatic N) is 2. The van der Waals surface area contributed by atoms with E-state index in [0.717, 1.165) is 27.3 Å². The number of benzene rings is 2. The van der Waals surface area contributed by atoms with Gasteiger partial charge in [0.05, 0.1) is 26.8 Å². The molecule has 172 valence electrons. The van der Waals surface area contributed by atoms with Gasteiger partial charge in [-0.15, -0.1) is 0 Å². The summed E-state index contributed by atoms with van der Waals surface area (Å²) in [5.41, 5.74) is 4.47. The number of rotatable bonds is 4. The first-order chi connectivity index (χ1) is 16.4. The molecule has 0 bridgehead atoms. The Morgan fingerprint density at radius 1 is 1.06 bits per heavy atom. The lowest BCUT2D eigenvalue weighted by molar-refractivity contribution is -0.143. The minimum absolute atomic E-state index is 0.228. The third-order valence-corrected chi connectivity index (χ3v) is 6.87. The number of esters is 1. The van der Waals surface area contributed by atoms with Gasteiger partial charge in [-0.2, -0.15) is 0 Å². The predicted octanol–water partition coefficient (Wildman–Crippen LogP) is 5.33. The van der Waals surface area contributed by atoms with Crippen LogP contribution in [0.2, 0.25) is 10.0 Å². The van der Waals surface area contributed by atoms with Crippen LogP contribution in [0.3, 0.4) is 0 Å². The van der Waals surface area contributed by atoms with Crippen molar-refractivity contribution in [3.8, 4) is 0 Å². The monoisotopic (exact) mass is 494 g/mol. The van der Waals surface area contributed by atoms with Gasteiger partial charge in [-0.3, -0.25) is 14.5 Å². The first-order valence-electron chi connectivity index (χ1n) is 11.0. The quantitative estimate of drug-likeness (QED) is 0.457. The Kier molecular flexibility index (Phi) is 6.11. The fourth-order valence-electron chi connectivity index (χ4n) is 4.50. The van der Waals surface area contributed by atoms with E-state index in [1.54, 1.807) is 12.1 Å². The highest BCUT2D eigenvalue weighted by Gasteiger charge is 2.30. The first-order valence-corrected chi connectivity index (χ1v) is 11.8.